The fourth-order valence-electron chi connectivity index (χ4n) is 2.72. The molecule has 0 saturated heterocycles. The van der Waals surface area contributed by atoms with Crippen molar-refractivity contribution in [2.24, 2.45) is 0 Å². The van der Waals surface area contributed by atoms with E-state index in [1.165, 1.54) is 6.42 Å². The molecule has 3 nitrogen and oxygen atoms in total. The normalized spacial score (nSPS) is 16.6. The van der Waals surface area contributed by atoms with Crippen molar-refractivity contribution in [1.29, 1.82) is 0 Å². The van der Waals surface area contributed by atoms with Gasteiger partial charge in [-0.1, -0.05) is 0 Å². The molecule has 0 atom stereocenters. The SMILES string of the molecule is CCO[Si](CCCC1=[C]([Pt]([CH3])([CH3])[CH3])CC=C1)(OCC)OCC. The zero-order chi connectivity index (χ0) is 16.6. The molecule has 1 aliphatic rings. The number of hydrogen-bond donors (Lipinski definition) is 0. The first-order valence-electron chi connectivity index (χ1n) is 8.05. The summed E-state index contributed by atoms with van der Waals surface area (Å²) in [5, 5.41) is 7.44. The summed E-state index contributed by atoms with van der Waals surface area (Å²) < 4.78 is 19.6. The molecule has 0 heterocycles. The van der Waals surface area contributed by atoms with Crippen LogP contribution in [0.25, 0.3) is 0 Å². The molecule has 0 spiro atoms. The molecule has 0 N–H and O–H groups in total. The van der Waals surface area contributed by atoms with Crippen molar-refractivity contribution in [3.8, 4) is 0 Å². The van der Waals surface area contributed by atoms with E-state index in [1.807, 2.05) is 20.8 Å². The van der Waals surface area contributed by atoms with Crippen LogP contribution in [0.4, 0.5) is 0 Å². The molecule has 0 aromatic heterocycles. The van der Waals surface area contributed by atoms with Crippen molar-refractivity contribution in [3.63, 3.8) is 0 Å². The molecule has 0 fully saturated rings. The van der Waals surface area contributed by atoms with Crippen LogP contribution < -0.4 is 0 Å². The van der Waals surface area contributed by atoms with E-state index < -0.39 is 24.9 Å². The zero-order valence-electron chi connectivity index (χ0n) is 15.1. The Balaban J connectivity index is 2.67. The van der Waals surface area contributed by atoms with Gasteiger partial charge in [0.25, 0.3) is 0 Å². The topological polar surface area (TPSA) is 27.7 Å². The van der Waals surface area contributed by atoms with Gasteiger partial charge in [0.2, 0.25) is 0 Å². The molecule has 0 aromatic carbocycles. The Morgan fingerprint density at radius 1 is 1.00 bits per heavy atom. The van der Waals surface area contributed by atoms with Gasteiger partial charge in [-0.2, -0.15) is 0 Å². The van der Waals surface area contributed by atoms with Gasteiger partial charge in [0.05, 0.1) is 0 Å². The summed E-state index contributed by atoms with van der Waals surface area (Å²) in [7, 11) is -2.47. The van der Waals surface area contributed by atoms with Gasteiger partial charge < -0.3 is 0 Å². The van der Waals surface area contributed by atoms with Crippen LogP contribution in [-0.4, -0.2) is 28.6 Å². The molecule has 0 aromatic rings. The second-order valence-electron chi connectivity index (χ2n) is 5.76. The predicted molar refractivity (Wildman–Crippen MR) is 93.0 cm³/mol. The van der Waals surface area contributed by atoms with Crippen molar-refractivity contribution in [3.05, 3.63) is 21.7 Å². The van der Waals surface area contributed by atoms with Crippen molar-refractivity contribution in [2.45, 2.75) is 62.0 Å². The van der Waals surface area contributed by atoms with E-state index >= 15 is 0 Å². The Kier molecular flexibility index (Phi) is 8.80. The third-order valence-electron chi connectivity index (χ3n) is 3.53. The monoisotopic (exact) mass is 509 g/mol. The van der Waals surface area contributed by atoms with Crippen LogP contribution in [-0.2, 0) is 29.3 Å². The van der Waals surface area contributed by atoms with Gasteiger partial charge in [0.15, 0.2) is 0 Å². The van der Waals surface area contributed by atoms with Crippen LogP contribution in [0.2, 0.25) is 22.0 Å². The third-order valence-corrected chi connectivity index (χ3v) is 12.0. The molecule has 0 aliphatic heterocycles. The average molecular weight is 510 g/mol. The second kappa shape index (κ2) is 9.53. The van der Waals surface area contributed by atoms with Crippen molar-refractivity contribution in [2.75, 3.05) is 19.8 Å². The van der Waals surface area contributed by atoms with Gasteiger partial charge in [0.1, 0.15) is 0 Å². The fraction of sp³-hybridized carbons (Fsp3) is 0.765. The molecule has 0 unspecified atom stereocenters. The van der Waals surface area contributed by atoms with Crippen LogP contribution in [0.3, 0.4) is 0 Å². The van der Waals surface area contributed by atoms with E-state index in [9.17, 15) is 0 Å². The summed E-state index contributed by atoms with van der Waals surface area (Å²) in [6.45, 7) is 8.05. The minimum atomic E-state index is -2.47. The second-order valence-corrected chi connectivity index (χ2v) is 20.1. The number of hydrogen-bond acceptors (Lipinski definition) is 3. The molecule has 5 heteroatoms. The first-order chi connectivity index (χ1) is 10.4. The standard InChI is InChI=1S/C14H25O3Si.3CH3.Pt/c1-4-15-18(16-5-2,17-6-3)13-9-12-14-10-7-8-11-14;;;;/h7,10H,4-6,8-9,12-13H2,1-3H3;3*1H3;. The number of rotatable bonds is 11. The molecule has 0 saturated carbocycles. The maximum absolute atomic E-state index is 5.94. The van der Waals surface area contributed by atoms with E-state index in [-0.39, 0.29) is 0 Å². The Hall–Kier alpha value is 0.265. The summed E-state index contributed by atoms with van der Waals surface area (Å²) in [4.78, 5) is 0. The van der Waals surface area contributed by atoms with E-state index in [2.05, 4.69) is 28.1 Å². The van der Waals surface area contributed by atoms with Gasteiger partial charge in [-0.25, -0.2) is 0 Å². The predicted octanol–water partition coefficient (Wildman–Crippen LogP) is 5.33. The first kappa shape index (κ1) is 20.3. The molecule has 22 heavy (non-hydrogen) atoms. The van der Waals surface area contributed by atoms with Gasteiger partial charge in [0, 0.05) is 0 Å². The Morgan fingerprint density at radius 3 is 2.00 bits per heavy atom. The van der Waals surface area contributed by atoms with Crippen molar-refractivity contribution < 1.29 is 29.3 Å². The van der Waals surface area contributed by atoms with E-state index in [0.717, 1.165) is 18.9 Å². The van der Waals surface area contributed by atoms with E-state index in [1.54, 1.807) is 9.54 Å². The zero-order valence-corrected chi connectivity index (χ0v) is 18.4. The summed E-state index contributed by atoms with van der Waals surface area (Å²) in [5.41, 5.74) is 1.58. The van der Waals surface area contributed by atoms with Crippen LogP contribution >= 0.6 is 0 Å². The Bertz CT molecular complexity index is 382. The molecule has 1 rings (SSSR count). The maximum atomic E-state index is 5.94. The van der Waals surface area contributed by atoms with E-state index in [0.29, 0.717) is 19.8 Å². The van der Waals surface area contributed by atoms with Gasteiger partial charge in [-0.15, -0.1) is 0 Å². The van der Waals surface area contributed by atoms with E-state index in [4.69, 9.17) is 13.3 Å². The Labute approximate surface area is 141 Å². The van der Waals surface area contributed by atoms with Crippen LogP contribution in [0.1, 0.15) is 40.0 Å². The molecule has 1 aliphatic carbocycles. The van der Waals surface area contributed by atoms with Gasteiger partial charge in [-0.05, 0) is 0 Å². The molecular weight excluding hydrogens is 475 g/mol. The average Bonchev–Trinajstić information content (AvgIpc) is 2.88. The Morgan fingerprint density at radius 2 is 1.55 bits per heavy atom. The van der Waals surface area contributed by atoms with Crippen molar-refractivity contribution >= 4 is 8.80 Å². The van der Waals surface area contributed by atoms with Gasteiger partial charge >= 0.3 is 142 Å². The van der Waals surface area contributed by atoms with Gasteiger partial charge in [-0.3, -0.25) is 0 Å². The molecule has 0 amide bonds. The summed E-state index contributed by atoms with van der Waals surface area (Å²) in [6, 6.07) is 0.920. The molecular formula is C17H34O3PtSi. The molecule has 0 bridgehead atoms. The number of allylic oxidation sites excluding steroid dienone is 4. The van der Waals surface area contributed by atoms with Crippen molar-refractivity contribution in [1.82, 2.24) is 0 Å². The van der Waals surface area contributed by atoms with Crippen LogP contribution in [0.15, 0.2) is 21.7 Å². The summed E-state index contributed by atoms with van der Waals surface area (Å²) >= 11 is -1.63. The quantitative estimate of drug-likeness (QED) is 0.353. The third kappa shape index (κ3) is 6.05. The minimum absolute atomic E-state index is 0.664. The summed E-state index contributed by atoms with van der Waals surface area (Å²) in [5.74, 6) is 0. The molecule has 0 radical (unpaired) electrons. The summed E-state index contributed by atoms with van der Waals surface area (Å²) in [6.07, 6.45) is 8.08. The molecule has 134 valence electrons. The first-order valence-corrected chi connectivity index (χ1v) is 17.9. The van der Waals surface area contributed by atoms with Crippen LogP contribution in [0, 0.1) is 0 Å². The fourth-order valence-corrected chi connectivity index (χ4v) is 9.65. The van der Waals surface area contributed by atoms with Crippen LogP contribution in [0.5, 0.6) is 0 Å².